The number of anilines is 1. The van der Waals surface area contributed by atoms with Crippen LogP contribution in [0.1, 0.15) is 11.1 Å². The third-order valence-corrected chi connectivity index (χ3v) is 5.67. The molecule has 0 saturated heterocycles. The third kappa shape index (κ3) is 4.26. The van der Waals surface area contributed by atoms with Crippen molar-refractivity contribution in [1.82, 2.24) is 0 Å². The van der Waals surface area contributed by atoms with Crippen molar-refractivity contribution in [2.24, 2.45) is 0 Å². The number of carbonyl (C=O) groups is 1. The molecule has 27 heavy (non-hydrogen) atoms. The molecule has 3 aromatic rings. The van der Waals surface area contributed by atoms with Crippen LogP contribution in [0.15, 0.2) is 87.1 Å². The van der Waals surface area contributed by atoms with E-state index in [1.165, 1.54) is 11.8 Å². The van der Waals surface area contributed by atoms with Crippen LogP contribution in [0.5, 0.6) is 5.75 Å². The second-order valence-corrected chi connectivity index (χ2v) is 8.02. The highest BCUT2D eigenvalue weighted by molar-refractivity contribution is 9.10. The zero-order valence-electron chi connectivity index (χ0n) is 14.3. The molecule has 1 aliphatic rings. The van der Waals surface area contributed by atoms with Gasteiger partial charge in [0.15, 0.2) is 0 Å². The van der Waals surface area contributed by atoms with E-state index in [1.54, 1.807) is 0 Å². The summed E-state index contributed by atoms with van der Waals surface area (Å²) < 4.78 is 6.95. The SMILES string of the molecule is O=C1Nc2ccccc2S/C1=C\c1cc(Br)ccc1OCc1ccccc1. The molecule has 1 aliphatic heterocycles. The predicted octanol–water partition coefficient (Wildman–Crippen LogP) is 6.11. The highest BCUT2D eigenvalue weighted by Crippen LogP contribution is 2.39. The van der Waals surface area contributed by atoms with Crippen LogP contribution in [-0.2, 0) is 11.4 Å². The van der Waals surface area contributed by atoms with Crippen molar-refractivity contribution >= 4 is 45.4 Å². The number of benzene rings is 3. The Kier molecular flexibility index (Phi) is 5.32. The van der Waals surface area contributed by atoms with Gasteiger partial charge in [-0.25, -0.2) is 0 Å². The van der Waals surface area contributed by atoms with Crippen LogP contribution in [0.25, 0.3) is 6.08 Å². The normalized spacial score (nSPS) is 14.6. The van der Waals surface area contributed by atoms with Crippen molar-refractivity contribution < 1.29 is 9.53 Å². The molecule has 0 bridgehead atoms. The number of amides is 1. The fourth-order valence-electron chi connectivity index (χ4n) is 2.74. The molecule has 0 saturated carbocycles. The zero-order chi connectivity index (χ0) is 18.6. The number of rotatable bonds is 4. The van der Waals surface area contributed by atoms with Crippen LogP contribution in [0, 0.1) is 0 Å². The Balaban J connectivity index is 1.62. The van der Waals surface area contributed by atoms with Crippen molar-refractivity contribution in [1.29, 1.82) is 0 Å². The van der Waals surface area contributed by atoms with Crippen LogP contribution in [0.3, 0.4) is 0 Å². The summed E-state index contributed by atoms with van der Waals surface area (Å²) in [5.41, 5.74) is 2.80. The zero-order valence-corrected chi connectivity index (χ0v) is 16.7. The van der Waals surface area contributed by atoms with Gasteiger partial charge in [0.25, 0.3) is 5.91 Å². The van der Waals surface area contributed by atoms with Gasteiger partial charge < -0.3 is 10.1 Å². The van der Waals surface area contributed by atoms with Crippen molar-refractivity contribution in [3.63, 3.8) is 0 Å². The number of nitrogens with one attached hydrogen (secondary N) is 1. The van der Waals surface area contributed by atoms with Crippen molar-refractivity contribution in [2.75, 3.05) is 5.32 Å². The summed E-state index contributed by atoms with van der Waals surface area (Å²) in [6, 6.07) is 23.6. The lowest BCUT2D eigenvalue weighted by molar-refractivity contribution is -0.112. The number of para-hydroxylation sites is 1. The first-order valence-corrected chi connectivity index (χ1v) is 10.1. The standard InChI is InChI=1S/C22H16BrNO2S/c23-17-10-11-19(26-14-15-6-2-1-3-7-15)16(12-17)13-21-22(25)24-18-8-4-5-9-20(18)27-21/h1-13H,14H2,(H,24,25)/b21-13-. The molecule has 3 nitrogen and oxygen atoms in total. The van der Waals surface area contributed by atoms with Crippen LogP contribution in [-0.4, -0.2) is 5.91 Å². The van der Waals surface area contributed by atoms with E-state index < -0.39 is 0 Å². The Bertz CT molecular complexity index is 1020. The number of thioether (sulfide) groups is 1. The topological polar surface area (TPSA) is 38.3 Å². The Morgan fingerprint density at radius 3 is 2.63 bits per heavy atom. The number of ether oxygens (including phenoxy) is 1. The fourth-order valence-corrected chi connectivity index (χ4v) is 4.06. The van der Waals surface area contributed by atoms with Crippen molar-refractivity contribution in [3.05, 3.63) is 93.3 Å². The Morgan fingerprint density at radius 2 is 1.78 bits per heavy atom. The number of hydrogen-bond donors (Lipinski definition) is 1. The first-order chi connectivity index (χ1) is 13.2. The number of hydrogen-bond acceptors (Lipinski definition) is 3. The minimum atomic E-state index is -0.104. The van der Waals surface area contributed by atoms with Gasteiger partial charge in [-0.1, -0.05) is 70.2 Å². The summed E-state index contributed by atoms with van der Waals surface area (Å²) in [5.74, 6) is 0.634. The summed E-state index contributed by atoms with van der Waals surface area (Å²) >= 11 is 4.97. The molecule has 4 rings (SSSR count). The van der Waals surface area contributed by atoms with E-state index in [2.05, 4.69) is 21.2 Å². The van der Waals surface area contributed by atoms with E-state index in [9.17, 15) is 4.79 Å². The van der Waals surface area contributed by atoms with Gasteiger partial charge in [-0.2, -0.15) is 0 Å². The lowest BCUT2D eigenvalue weighted by Crippen LogP contribution is -2.17. The molecule has 0 atom stereocenters. The van der Waals surface area contributed by atoms with E-state index in [1.807, 2.05) is 78.9 Å². The lowest BCUT2D eigenvalue weighted by atomic mass is 10.1. The quantitative estimate of drug-likeness (QED) is 0.500. The molecular formula is C22H16BrNO2S. The number of fused-ring (bicyclic) bond motifs is 1. The molecule has 1 N–H and O–H groups in total. The Morgan fingerprint density at radius 1 is 1.00 bits per heavy atom. The summed E-state index contributed by atoms with van der Waals surface area (Å²) in [7, 11) is 0. The van der Waals surface area contributed by atoms with Crippen LogP contribution in [0.4, 0.5) is 5.69 Å². The lowest BCUT2D eigenvalue weighted by Gasteiger charge is -2.18. The highest BCUT2D eigenvalue weighted by Gasteiger charge is 2.21. The van der Waals surface area contributed by atoms with Crippen molar-refractivity contribution in [2.45, 2.75) is 11.5 Å². The monoisotopic (exact) mass is 437 g/mol. The molecule has 0 unspecified atom stereocenters. The van der Waals surface area contributed by atoms with E-state index >= 15 is 0 Å². The third-order valence-electron chi connectivity index (χ3n) is 4.07. The van der Waals surface area contributed by atoms with Gasteiger partial charge in [-0.15, -0.1) is 0 Å². The molecule has 0 radical (unpaired) electrons. The summed E-state index contributed by atoms with van der Waals surface area (Å²) in [4.78, 5) is 14.2. The maximum atomic E-state index is 12.5. The molecular weight excluding hydrogens is 422 g/mol. The smallest absolute Gasteiger partial charge is 0.262 e. The second kappa shape index (κ2) is 8.03. The molecule has 1 amide bonds. The van der Waals surface area contributed by atoms with Gasteiger partial charge >= 0.3 is 0 Å². The molecule has 5 heteroatoms. The minimum Gasteiger partial charge on any atom is -0.488 e. The largest absolute Gasteiger partial charge is 0.488 e. The fraction of sp³-hybridized carbons (Fsp3) is 0.0455. The van der Waals surface area contributed by atoms with Crippen LogP contribution >= 0.6 is 27.7 Å². The van der Waals surface area contributed by atoms with Gasteiger partial charge in [0.2, 0.25) is 0 Å². The number of carbonyl (C=O) groups excluding carboxylic acids is 1. The molecule has 3 aromatic carbocycles. The van der Waals surface area contributed by atoms with Gasteiger partial charge in [0.05, 0.1) is 10.6 Å². The highest BCUT2D eigenvalue weighted by atomic mass is 79.9. The summed E-state index contributed by atoms with van der Waals surface area (Å²) in [5, 5.41) is 2.94. The van der Waals surface area contributed by atoms with Gasteiger partial charge in [-0.3, -0.25) is 4.79 Å². The molecule has 134 valence electrons. The van der Waals surface area contributed by atoms with Crippen molar-refractivity contribution in [3.8, 4) is 5.75 Å². The van der Waals surface area contributed by atoms with Crippen LogP contribution < -0.4 is 10.1 Å². The maximum absolute atomic E-state index is 12.5. The summed E-state index contributed by atoms with van der Waals surface area (Å²) in [6.07, 6.45) is 1.88. The summed E-state index contributed by atoms with van der Waals surface area (Å²) in [6.45, 7) is 0.473. The van der Waals surface area contributed by atoms with E-state index in [-0.39, 0.29) is 5.91 Å². The molecule has 0 aliphatic carbocycles. The average molecular weight is 438 g/mol. The van der Waals surface area contributed by atoms with Gasteiger partial charge in [-0.05, 0) is 42.0 Å². The van der Waals surface area contributed by atoms with E-state index in [0.717, 1.165) is 31.9 Å². The molecule has 0 spiro atoms. The van der Waals surface area contributed by atoms with E-state index in [4.69, 9.17) is 4.74 Å². The Labute approximate surface area is 170 Å². The first kappa shape index (κ1) is 17.9. The maximum Gasteiger partial charge on any atom is 0.262 e. The van der Waals surface area contributed by atoms with E-state index in [0.29, 0.717) is 11.5 Å². The molecule has 1 heterocycles. The van der Waals surface area contributed by atoms with Crippen LogP contribution in [0.2, 0.25) is 0 Å². The number of halogens is 1. The molecule has 0 aromatic heterocycles. The van der Waals surface area contributed by atoms with Gasteiger partial charge in [0, 0.05) is 14.9 Å². The predicted molar refractivity (Wildman–Crippen MR) is 114 cm³/mol. The molecule has 0 fully saturated rings. The Hall–Kier alpha value is -2.50. The second-order valence-electron chi connectivity index (χ2n) is 6.02. The first-order valence-electron chi connectivity index (χ1n) is 8.45. The average Bonchev–Trinajstić information content (AvgIpc) is 2.69. The minimum absolute atomic E-state index is 0.104. The van der Waals surface area contributed by atoms with Gasteiger partial charge in [0.1, 0.15) is 12.4 Å².